The van der Waals surface area contributed by atoms with Crippen LogP contribution in [0.25, 0.3) is 11.3 Å². The Hall–Kier alpha value is -3.12. The highest BCUT2D eigenvalue weighted by Crippen LogP contribution is 2.30. The van der Waals surface area contributed by atoms with Crippen molar-refractivity contribution in [3.8, 4) is 17.4 Å². The second-order valence-corrected chi connectivity index (χ2v) is 4.98. The molecule has 0 amide bonds. The van der Waals surface area contributed by atoms with Crippen LogP contribution in [-0.4, -0.2) is 6.21 Å². The van der Waals surface area contributed by atoms with Crippen LogP contribution in [0.1, 0.15) is 16.7 Å². The Bertz CT molecular complexity index is 855. The fraction of sp³-hybridized carbons (Fsp3) is 0.0526. The fourth-order valence-corrected chi connectivity index (χ4v) is 2.19. The number of benzene rings is 2. The quantitative estimate of drug-likeness (QED) is 0.644. The zero-order valence-corrected chi connectivity index (χ0v) is 12.2. The molecular formula is C19H14N2O. The zero-order valence-electron chi connectivity index (χ0n) is 12.2. The Morgan fingerprint density at radius 2 is 1.86 bits per heavy atom. The van der Waals surface area contributed by atoms with Crippen LogP contribution in [0.5, 0.6) is 0 Å². The molecule has 0 fully saturated rings. The molecule has 22 heavy (non-hydrogen) atoms. The monoisotopic (exact) mass is 286 g/mol. The maximum Gasteiger partial charge on any atom is 0.237 e. The van der Waals surface area contributed by atoms with Gasteiger partial charge >= 0.3 is 0 Å². The molecule has 0 aliphatic carbocycles. The van der Waals surface area contributed by atoms with E-state index < -0.39 is 0 Å². The Morgan fingerprint density at radius 3 is 2.59 bits per heavy atom. The molecular weight excluding hydrogens is 272 g/mol. The van der Waals surface area contributed by atoms with Gasteiger partial charge in [0.1, 0.15) is 17.4 Å². The predicted molar refractivity (Wildman–Crippen MR) is 87.3 cm³/mol. The summed E-state index contributed by atoms with van der Waals surface area (Å²) >= 11 is 0. The minimum absolute atomic E-state index is 0.336. The molecule has 0 atom stereocenters. The number of hydrogen-bond donors (Lipinski definition) is 0. The van der Waals surface area contributed by atoms with Crippen LogP contribution >= 0.6 is 0 Å². The van der Waals surface area contributed by atoms with E-state index in [1.54, 1.807) is 12.3 Å². The summed E-state index contributed by atoms with van der Waals surface area (Å²) < 4.78 is 5.72. The molecule has 0 aliphatic rings. The van der Waals surface area contributed by atoms with E-state index in [9.17, 15) is 5.26 Å². The Labute approximate surface area is 129 Å². The second-order valence-electron chi connectivity index (χ2n) is 4.98. The predicted octanol–water partition coefficient (Wildman–Crippen LogP) is 4.88. The third-order valence-electron chi connectivity index (χ3n) is 3.26. The maximum atomic E-state index is 9.24. The number of furan rings is 1. The van der Waals surface area contributed by atoms with Gasteiger partial charge in [-0.1, -0.05) is 60.2 Å². The van der Waals surface area contributed by atoms with Gasteiger partial charge in [0, 0.05) is 17.8 Å². The van der Waals surface area contributed by atoms with Crippen molar-refractivity contribution in [3.05, 3.63) is 77.4 Å². The Kier molecular flexibility index (Phi) is 3.84. The molecule has 1 heterocycles. The van der Waals surface area contributed by atoms with Crippen molar-refractivity contribution >= 4 is 12.1 Å². The number of hydrogen-bond acceptors (Lipinski definition) is 3. The van der Waals surface area contributed by atoms with Crippen LogP contribution in [-0.2, 0) is 0 Å². The van der Waals surface area contributed by atoms with Gasteiger partial charge < -0.3 is 4.42 Å². The SMILES string of the molecule is Cc1cccc(/C=N/c2oc(-c3ccccc3)cc2C#N)c1. The van der Waals surface area contributed by atoms with Gasteiger partial charge in [0.15, 0.2) is 0 Å². The summed E-state index contributed by atoms with van der Waals surface area (Å²) in [7, 11) is 0. The average Bonchev–Trinajstić information content (AvgIpc) is 2.97. The zero-order chi connectivity index (χ0) is 15.4. The molecule has 1 aromatic heterocycles. The second kappa shape index (κ2) is 6.11. The summed E-state index contributed by atoms with van der Waals surface area (Å²) in [6, 6.07) is 21.5. The minimum atomic E-state index is 0.336. The lowest BCUT2D eigenvalue weighted by Crippen LogP contribution is -1.81. The van der Waals surface area contributed by atoms with E-state index in [1.807, 2.05) is 61.5 Å². The lowest BCUT2D eigenvalue weighted by atomic mass is 10.1. The molecule has 0 bridgehead atoms. The summed E-state index contributed by atoms with van der Waals surface area (Å²) in [5.74, 6) is 0.983. The van der Waals surface area contributed by atoms with E-state index >= 15 is 0 Å². The first-order valence-corrected chi connectivity index (χ1v) is 6.96. The van der Waals surface area contributed by atoms with E-state index in [-0.39, 0.29) is 0 Å². The van der Waals surface area contributed by atoms with Crippen molar-refractivity contribution in [1.82, 2.24) is 0 Å². The molecule has 3 heteroatoms. The molecule has 3 rings (SSSR count). The van der Waals surface area contributed by atoms with E-state index in [1.165, 1.54) is 0 Å². The van der Waals surface area contributed by atoms with Gasteiger partial charge in [-0.3, -0.25) is 0 Å². The van der Waals surface area contributed by atoms with Crippen molar-refractivity contribution in [3.63, 3.8) is 0 Å². The van der Waals surface area contributed by atoms with Crippen molar-refractivity contribution in [2.24, 2.45) is 4.99 Å². The van der Waals surface area contributed by atoms with Crippen molar-refractivity contribution < 1.29 is 4.42 Å². The number of aryl methyl sites for hydroxylation is 1. The molecule has 0 spiro atoms. The number of aliphatic imine (C=N–C) groups is 1. The first-order chi connectivity index (χ1) is 10.8. The van der Waals surface area contributed by atoms with Crippen LogP contribution in [0.15, 0.2) is 70.1 Å². The lowest BCUT2D eigenvalue weighted by molar-refractivity contribution is 0.592. The third kappa shape index (κ3) is 2.97. The smallest absolute Gasteiger partial charge is 0.237 e. The van der Waals surface area contributed by atoms with Gasteiger partial charge in [-0.05, 0) is 12.5 Å². The van der Waals surface area contributed by atoms with E-state index in [0.717, 1.165) is 16.7 Å². The largest absolute Gasteiger partial charge is 0.437 e. The standard InChI is InChI=1S/C19H14N2O/c1-14-6-5-7-15(10-14)13-21-19-17(12-20)11-18(22-19)16-8-3-2-4-9-16/h2-11,13H,1H3/b21-13+. The van der Waals surface area contributed by atoms with E-state index in [4.69, 9.17) is 4.42 Å². The van der Waals surface area contributed by atoms with Crippen LogP contribution in [0.4, 0.5) is 5.88 Å². The van der Waals surface area contributed by atoms with Crippen molar-refractivity contribution in [2.75, 3.05) is 0 Å². The van der Waals surface area contributed by atoms with Gasteiger partial charge in [0.05, 0.1) is 0 Å². The number of nitrogens with zero attached hydrogens (tertiary/aromatic N) is 2. The summed E-state index contributed by atoms with van der Waals surface area (Å²) in [5.41, 5.74) is 3.49. The molecule has 0 saturated carbocycles. The normalized spacial score (nSPS) is 10.7. The molecule has 0 radical (unpaired) electrons. The lowest BCUT2D eigenvalue weighted by Gasteiger charge is -1.95. The van der Waals surface area contributed by atoms with Gasteiger partial charge in [0.2, 0.25) is 5.88 Å². The molecule has 2 aromatic carbocycles. The first kappa shape index (κ1) is 13.8. The van der Waals surface area contributed by atoms with Crippen LogP contribution in [0.3, 0.4) is 0 Å². The van der Waals surface area contributed by atoms with Gasteiger partial charge in [-0.25, -0.2) is 4.99 Å². The van der Waals surface area contributed by atoms with Crippen molar-refractivity contribution in [2.45, 2.75) is 6.92 Å². The van der Waals surface area contributed by atoms with Gasteiger partial charge in [0.25, 0.3) is 0 Å². The average molecular weight is 286 g/mol. The molecule has 0 saturated heterocycles. The highest BCUT2D eigenvalue weighted by atomic mass is 16.4. The van der Waals surface area contributed by atoms with Crippen LogP contribution in [0, 0.1) is 18.3 Å². The highest BCUT2D eigenvalue weighted by Gasteiger charge is 2.11. The van der Waals surface area contributed by atoms with Gasteiger partial charge in [-0.2, -0.15) is 5.26 Å². The molecule has 0 unspecified atom stereocenters. The molecule has 3 aromatic rings. The summed E-state index contributed by atoms with van der Waals surface area (Å²) in [6.45, 7) is 2.03. The topological polar surface area (TPSA) is 49.3 Å². The van der Waals surface area contributed by atoms with Crippen molar-refractivity contribution in [1.29, 1.82) is 5.26 Å². The number of nitriles is 1. The maximum absolute atomic E-state index is 9.24. The summed E-state index contributed by atoms with van der Waals surface area (Å²) in [5, 5.41) is 9.24. The summed E-state index contributed by atoms with van der Waals surface area (Å²) in [6.07, 6.45) is 1.71. The van der Waals surface area contributed by atoms with E-state index in [0.29, 0.717) is 17.2 Å². The van der Waals surface area contributed by atoms with E-state index in [2.05, 4.69) is 11.1 Å². The number of rotatable bonds is 3. The third-order valence-corrected chi connectivity index (χ3v) is 3.26. The Morgan fingerprint density at radius 1 is 1.05 bits per heavy atom. The highest BCUT2D eigenvalue weighted by molar-refractivity contribution is 5.82. The minimum Gasteiger partial charge on any atom is -0.437 e. The van der Waals surface area contributed by atoms with Crippen LogP contribution in [0.2, 0.25) is 0 Å². The molecule has 106 valence electrons. The molecule has 3 nitrogen and oxygen atoms in total. The Balaban J connectivity index is 1.94. The molecule has 0 N–H and O–H groups in total. The van der Waals surface area contributed by atoms with Crippen LogP contribution < -0.4 is 0 Å². The summed E-state index contributed by atoms with van der Waals surface area (Å²) in [4.78, 5) is 4.32. The van der Waals surface area contributed by atoms with Gasteiger partial charge in [-0.15, -0.1) is 0 Å². The first-order valence-electron chi connectivity index (χ1n) is 6.96. The molecule has 0 aliphatic heterocycles. The fourth-order valence-electron chi connectivity index (χ4n) is 2.19.